The van der Waals surface area contributed by atoms with E-state index in [1.165, 1.54) is 29.5 Å². The van der Waals surface area contributed by atoms with Crippen molar-refractivity contribution in [2.75, 3.05) is 0 Å². The van der Waals surface area contributed by atoms with Crippen LogP contribution in [0.4, 0.5) is 13.2 Å². The van der Waals surface area contributed by atoms with Gasteiger partial charge in [-0.3, -0.25) is 4.57 Å². The van der Waals surface area contributed by atoms with Crippen molar-refractivity contribution in [1.82, 2.24) is 14.8 Å². The van der Waals surface area contributed by atoms with E-state index in [9.17, 15) is 13.2 Å². The lowest BCUT2D eigenvalue weighted by atomic mass is 10.0. The first-order chi connectivity index (χ1) is 13.8. The van der Waals surface area contributed by atoms with Gasteiger partial charge in [-0.05, 0) is 23.1 Å². The van der Waals surface area contributed by atoms with Crippen LogP contribution >= 0.6 is 11.8 Å². The summed E-state index contributed by atoms with van der Waals surface area (Å²) >= 11 is 1.36. The molecule has 2 aromatic carbocycles. The molecule has 1 heterocycles. The van der Waals surface area contributed by atoms with Crippen LogP contribution in [0.1, 0.15) is 36.5 Å². The van der Waals surface area contributed by atoms with Gasteiger partial charge >= 0.3 is 6.18 Å². The number of halogens is 3. The zero-order valence-corrected chi connectivity index (χ0v) is 17.1. The summed E-state index contributed by atoms with van der Waals surface area (Å²) in [7, 11) is 0. The van der Waals surface area contributed by atoms with Gasteiger partial charge in [-0.25, -0.2) is 0 Å². The highest BCUT2D eigenvalue weighted by Gasteiger charge is 2.30. The first-order valence-electron chi connectivity index (χ1n) is 9.23. The highest BCUT2D eigenvalue weighted by atomic mass is 32.2. The summed E-state index contributed by atoms with van der Waals surface area (Å²) in [5.74, 6) is 1.52. The molecule has 0 atom stereocenters. The van der Waals surface area contributed by atoms with Gasteiger partial charge in [-0.2, -0.15) is 13.2 Å². The van der Waals surface area contributed by atoms with E-state index >= 15 is 0 Å². The van der Waals surface area contributed by atoms with E-state index in [2.05, 4.69) is 42.8 Å². The third-order valence-corrected chi connectivity index (χ3v) is 5.52. The Morgan fingerprint density at radius 2 is 1.83 bits per heavy atom. The van der Waals surface area contributed by atoms with Crippen molar-refractivity contribution in [2.45, 2.75) is 43.4 Å². The number of alkyl halides is 3. The monoisotopic (exact) mass is 417 g/mol. The Labute approximate surface area is 172 Å². The van der Waals surface area contributed by atoms with Crippen molar-refractivity contribution < 1.29 is 13.2 Å². The minimum absolute atomic E-state index is 0.367. The fraction of sp³-hybridized carbons (Fsp3) is 0.273. The van der Waals surface area contributed by atoms with Gasteiger partial charge in [0.15, 0.2) is 11.0 Å². The summed E-state index contributed by atoms with van der Waals surface area (Å²) in [5.41, 5.74) is 2.12. The zero-order valence-electron chi connectivity index (χ0n) is 16.3. The van der Waals surface area contributed by atoms with Gasteiger partial charge < -0.3 is 0 Å². The molecular weight excluding hydrogens is 395 g/mol. The van der Waals surface area contributed by atoms with E-state index < -0.39 is 11.7 Å². The molecule has 0 bridgehead atoms. The Morgan fingerprint density at radius 1 is 1.10 bits per heavy atom. The van der Waals surface area contributed by atoms with Crippen LogP contribution in [-0.4, -0.2) is 14.8 Å². The van der Waals surface area contributed by atoms with E-state index in [-0.39, 0.29) is 0 Å². The molecule has 0 fully saturated rings. The minimum atomic E-state index is -4.35. The molecule has 0 N–H and O–H groups in total. The van der Waals surface area contributed by atoms with Crippen LogP contribution in [-0.2, 0) is 18.5 Å². The molecule has 0 amide bonds. The van der Waals surface area contributed by atoms with E-state index in [0.717, 1.165) is 11.6 Å². The van der Waals surface area contributed by atoms with Gasteiger partial charge in [0, 0.05) is 17.9 Å². The summed E-state index contributed by atoms with van der Waals surface area (Å²) in [6, 6.07) is 13.5. The van der Waals surface area contributed by atoms with Crippen LogP contribution in [0.2, 0.25) is 0 Å². The van der Waals surface area contributed by atoms with Crippen LogP contribution < -0.4 is 0 Å². The number of benzene rings is 2. The zero-order chi connectivity index (χ0) is 21.0. The Kier molecular flexibility index (Phi) is 6.47. The number of rotatable bonds is 7. The van der Waals surface area contributed by atoms with Crippen molar-refractivity contribution >= 4 is 11.8 Å². The largest absolute Gasteiger partial charge is 0.416 e. The lowest BCUT2D eigenvalue weighted by Gasteiger charge is -2.10. The number of nitrogens with zero attached hydrogens (tertiary/aromatic N) is 3. The normalized spacial score (nSPS) is 11.8. The lowest BCUT2D eigenvalue weighted by Crippen LogP contribution is -2.05. The maximum Gasteiger partial charge on any atom is 0.416 e. The number of hydrogen-bond donors (Lipinski definition) is 0. The maximum absolute atomic E-state index is 12.9. The van der Waals surface area contributed by atoms with E-state index in [0.29, 0.717) is 34.8 Å². The van der Waals surface area contributed by atoms with Gasteiger partial charge in [0.25, 0.3) is 0 Å². The number of thioether (sulfide) groups is 1. The molecule has 0 spiro atoms. The van der Waals surface area contributed by atoms with Gasteiger partial charge in [0.1, 0.15) is 0 Å². The molecule has 0 unspecified atom stereocenters. The minimum Gasteiger partial charge on any atom is -0.298 e. The van der Waals surface area contributed by atoms with E-state index in [4.69, 9.17) is 0 Å². The molecule has 0 saturated carbocycles. The Balaban J connectivity index is 1.83. The number of aromatic nitrogens is 3. The molecule has 3 rings (SSSR count). The van der Waals surface area contributed by atoms with Crippen LogP contribution in [0.3, 0.4) is 0 Å². The van der Waals surface area contributed by atoms with Crippen molar-refractivity contribution in [2.24, 2.45) is 0 Å². The SMILES string of the molecule is C=CCn1c(SCc2cccc(C(F)(F)F)c2)nnc1-c1ccc(C(C)C)cc1. The van der Waals surface area contributed by atoms with Gasteiger partial charge in [0.2, 0.25) is 0 Å². The third-order valence-electron chi connectivity index (χ3n) is 4.49. The molecule has 152 valence electrons. The van der Waals surface area contributed by atoms with Gasteiger partial charge in [-0.15, -0.1) is 16.8 Å². The molecule has 0 aliphatic rings. The Morgan fingerprint density at radius 3 is 2.45 bits per heavy atom. The fourth-order valence-corrected chi connectivity index (χ4v) is 3.80. The average molecular weight is 418 g/mol. The number of hydrogen-bond acceptors (Lipinski definition) is 3. The first kappa shape index (κ1) is 21.2. The van der Waals surface area contributed by atoms with Crippen molar-refractivity contribution in [1.29, 1.82) is 0 Å². The topological polar surface area (TPSA) is 30.7 Å². The Hall–Kier alpha value is -2.54. The molecule has 3 aromatic rings. The molecule has 0 radical (unpaired) electrons. The van der Waals surface area contributed by atoms with Gasteiger partial charge in [-0.1, -0.05) is 74.1 Å². The van der Waals surface area contributed by atoms with Crippen LogP contribution in [0.5, 0.6) is 0 Å². The molecule has 0 aliphatic heterocycles. The third kappa shape index (κ3) is 5.09. The maximum atomic E-state index is 12.9. The second-order valence-electron chi connectivity index (χ2n) is 6.97. The molecule has 1 aromatic heterocycles. The van der Waals surface area contributed by atoms with Crippen LogP contribution in [0.15, 0.2) is 66.3 Å². The van der Waals surface area contributed by atoms with Crippen molar-refractivity contribution in [3.63, 3.8) is 0 Å². The highest BCUT2D eigenvalue weighted by Crippen LogP contribution is 2.32. The van der Waals surface area contributed by atoms with Crippen molar-refractivity contribution in [3.05, 3.63) is 77.9 Å². The summed E-state index contributed by atoms with van der Waals surface area (Å²) in [6.07, 6.45) is -2.59. The molecule has 3 nitrogen and oxygen atoms in total. The second-order valence-corrected chi connectivity index (χ2v) is 7.91. The van der Waals surface area contributed by atoms with Crippen LogP contribution in [0.25, 0.3) is 11.4 Å². The highest BCUT2D eigenvalue weighted by molar-refractivity contribution is 7.98. The standard InChI is InChI=1S/C22H22F3N3S/c1-4-12-28-20(18-10-8-17(9-11-18)15(2)3)26-27-21(28)29-14-16-6-5-7-19(13-16)22(23,24)25/h4-11,13,15H,1,12,14H2,2-3H3. The summed E-state index contributed by atoms with van der Waals surface area (Å²) in [5, 5.41) is 9.22. The summed E-state index contributed by atoms with van der Waals surface area (Å²) < 4.78 is 40.7. The summed E-state index contributed by atoms with van der Waals surface area (Å²) in [6.45, 7) is 8.58. The summed E-state index contributed by atoms with van der Waals surface area (Å²) in [4.78, 5) is 0. The molecule has 0 saturated heterocycles. The average Bonchev–Trinajstić information content (AvgIpc) is 3.09. The smallest absolute Gasteiger partial charge is 0.298 e. The van der Waals surface area contributed by atoms with Gasteiger partial charge in [0.05, 0.1) is 5.56 Å². The van der Waals surface area contributed by atoms with E-state index in [1.807, 2.05) is 16.7 Å². The lowest BCUT2D eigenvalue weighted by molar-refractivity contribution is -0.137. The predicted molar refractivity (Wildman–Crippen MR) is 111 cm³/mol. The van der Waals surface area contributed by atoms with Crippen LogP contribution in [0, 0.1) is 0 Å². The van der Waals surface area contributed by atoms with Crippen molar-refractivity contribution in [3.8, 4) is 11.4 Å². The molecule has 29 heavy (non-hydrogen) atoms. The predicted octanol–water partition coefficient (Wildman–Crippen LogP) is 6.57. The molecular formula is C22H22F3N3S. The number of allylic oxidation sites excluding steroid dienone is 1. The Bertz CT molecular complexity index is 976. The molecule has 0 aliphatic carbocycles. The fourth-order valence-electron chi connectivity index (χ4n) is 2.91. The quantitative estimate of drug-likeness (QED) is 0.322. The van der Waals surface area contributed by atoms with E-state index in [1.54, 1.807) is 12.1 Å². The molecule has 7 heteroatoms. The second kappa shape index (κ2) is 8.86. The first-order valence-corrected chi connectivity index (χ1v) is 10.2.